The van der Waals surface area contributed by atoms with E-state index in [0.717, 1.165) is 24.3 Å². The predicted molar refractivity (Wildman–Crippen MR) is 101 cm³/mol. The van der Waals surface area contributed by atoms with Crippen molar-refractivity contribution in [3.63, 3.8) is 0 Å². The molecule has 2 aromatic carbocycles. The molecule has 0 atom stereocenters. The number of ether oxygens (including phenoxy) is 1. The van der Waals surface area contributed by atoms with Gasteiger partial charge in [-0.05, 0) is 61.9 Å². The maximum absolute atomic E-state index is 13.0. The summed E-state index contributed by atoms with van der Waals surface area (Å²) in [6.45, 7) is 3.17. The average molecular weight is 406 g/mol. The molecule has 7 nitrogen and oxygen atoms in total. The van der Waals surface area contributed by atoms with Gasteiger partial charge in [0.2, 0.25) is 5.91 Å². The Bertz CT molecular complexity index is 1050. The average Bonchev–Trinajstić information content (AvgIpc) is 2.82. The fraction of sp³-hybridized carbons (Fsp3) is 0.263. The number of rotatable bonds is 5. The van der Waals surface area contributed by atoms with Gasteiger partial charge < -0.3 is 9.64 Å². The highest BCUT2D eigenvalue weighted by Gasteiger charge is 2.44. The Morgan fingerprint density at radius 1 is 1.18 bits per heavy atom. The van der Waals surface area contributed by atoms with Crippen LogP contribution in [0.15, 0.2) is 47.4 Å². The summed E-state index contributed by atoms with van der Waals surface area (Å²) in [6, 6.07) is 9.08. The van der Waals surface area contributed by atoms with Crippen LogP contribution in [0, 0.1) is 5.82 Å². The molecule has 28 heavy (non-hydrogen) atoms. The lowest BCUT2D eigenvalue weighted by molar-refractivity contribution is -0.140. The van der Waals surface area contributed by atoms with E-state index >= 15 is 0 Å². The number of hydrogen-bond acceptors (Lipinski definition) is 5. The minimum atomic E-state index is -3.92. The monoisotopic (exact) mass is 406 g/mol. The Hall–Kier alpha value is -2.94. The molecule has 1 aliphatic rings. The topological polar surface area (TPSA) is 92.8 Å². The summed E-state index contributed by atoms with van der Waals surface area (Å²) in [5, 5.41) is 0. The number of fused-ring (bicyclic) bond motifs is 1. The third kappa shape index (κ3) is 3.45. The van der Waals surface area contributed by atoms with E-state index in [1.54, 1.807) is 26.0 Å². The van der Waals surface area contributed by atoms with Gasteiger partial charge in [-0.1, -0.05) is 0 Å². The minimum absolute atomic E-state index is 0.0861. The van der Waals surface area contributed by atoms with E-state index in [1.807, 2.05) is 0 Å². The highest BCUT2D eigenvalue weighted by molar-refractivity contribution is 7.92. The zero-order valence-electron chi connectivity index (χ0n) is 15.5. The third-order valence-corrected chi connectivity index (χ3v) is 6.03. The molecule has 1 aliphatic heterocycles. The van der Waals surface area contributed by atoms with Crippen molar-refractivity contribution in [1.29, 1.82) is 0 Å². The first-order valence-electron chi connectivity index (χ1n) is 8.38. The van der Waals surface area contributed by atoms with Crippen LogP contribution in [-0.4, -0.2) is 33.9 Å². The second-order valence-electron chi connectivity index (χ2n) is 6.88. The number of esters is 1. The summed E-state index contributed by atoms with van der Waals surface area (Å²) < 4.78 is 45.1. The van der Waals surface area contributed by atoms with Crippen LogP contribution in [-0.2, 0) is 29.8 Å². The second kappa shape index (κ2) is 6.90. The molecule has 0 aromatic heterocycles. The summed E-state index contributed by atoms with van der Waals surface area (Å²) in [5.41, 5.74) is 0.412. The van der Waals surface area contributed by atoms with Crippen molar-refractivity contribution in [1.82, 2.24) is 0 Å². The molecule has 0 saturated carbocycles. The van der Waals surface area contributed by atoms with E-state index < -0.39 is 27.2 Å². The van der Waals surface area contributed by atoms with E-state index in [-0.39, 0.29) is 23.0 Å². The Kier molecular flexibility index (Phi) is 4.88. The van der Waals surface area contributed by atoms with Gasteiger partial charge >= 0.3 is 5.97 Å². The van der Waals surface area contributed by atoms with Crippen molar-refractivity contribution in [3.8, 4) is 0 Å². The number of halogens is 1. The summed E-state index contributed by atoms with van der Waals surface area (Å²) >= 11 is 0. The van der Waals surface area contributed by atoms with Crippen LogP contribution in [0.2, 0.25) is 0 Å². The van der Waals surface area contributed by atoms with Crippen molar-refractivity contribution in [2.75, 3.05) is 23.3 Å². The van der Waals surface area contributed by atoms with Crippen LogP contribution in [0.1, 0.15) is 19.4 Å². The van der Waals surface area contributed by atoms with Crippen LogP contribution < -0.4 is 9.62 Å². The lowest BCUT2D eigenvalue weighted by atomic mass is 9.86. The Balaban J connectivity index is 1.95. The molecule has 1 heterocycles. The normalized spacial score (nSPS) is 15.3. The largest absolute Gasteiger partial charge is 0.468 e. The molecule has 0 aliphatic carbocycles. The Morgan fingerprint density at radius 3 is 2.43 bits per heavy atom. The number of nitrogens with one attached hydrogen (secondary N) is 1. The van der Waals surface area contributed by atoms with E-state index in [9.17, 15) is 22.4 Å². The van der Waals surface area contributed by atoms with E-state index in [2.05, 4.69) is 9.46 Å². The quantitative estimate of drug-likeness (QED) is 0.770. The third-order valence-electron chi connectivity index (χ3n) is 4.63. The zero-order chi connectivity index (χ0) is 20.7. The molecule has 148 valence electrons. The summed E-state index contributed by atoms with van der Waals surface area (Å²) in [6.07, 6.45) is 0. The zero-order valence-corrected chi connectivity index (χ0v) is 16.3. The van der Waals surface area contributed by atoms with Crippen molar-refractivity contribution in [2.45, 2.75) is 24.2 Å². The fourth-order valence-corrected chi connectivity index (χ4v) is 4.13. The lowest BCUT2D eigenvalue weighted by Crippen LogP contribution is -2.39. The molecule has 9 heteroatoms. The maximum atomic E-state index is 13.0. The molecule has 0 spiro atoms. The van der Waals surface area contributed by atoms with Gasteiger partial charge in [0.1, 0.15) is 12.4 Å². The van der Waals surface area contributed by atoms with Gasteiger partial charge in [0.05, 0.1) is 17.4 Å². The summed E-state index contributed by atoms with van der Waals surface area (Å²) in [5.74, 6) is -1.38. The standard InChI is InChI=1S/C19H19FN2O5S/c1-19(2)15-10-13(21-28(25,26)14-7-4-12(20)5-8-14)6-9-16(15)22(18(19)24)11-17(23)27-3/h4-10,21H,11H2,1-3H3. The number of sulfonamides is 1. The molecule has 3 rings (SSSR count). The van der Waals surface area contributed by atoms with Gasteiger partial charge in [0.25, 0.3) is 10.0 Å². The van der Waals surface area contributed by atoms with E-state index in [4.69, 9.17) is 0 Å². The summed E-state index contributed by atoms with van der Waals surface area (Å²) in [4.78, 5) is 25.6. The molecule has 1 N–H and O–H groups in total. The maximum Gasteiger partial charge on any atom is 0.325 e. The first-order valence-corrected chi connectivity index (χ1v) is 9.86. The molecule has 0 bridgehead atoms. The Morgan fingerprint density at radius 2 is 1.82 bits per heavy atom. The lowest BCUT2D eigenvalue weighted by Gasteiger charge is -2.19. The van der Waals surface area contributed by atoms with Crippen LogP contribution in [0.25, 0.3) is 0 Å². The van der Waals surface area contributed by atoms with Gasteiger partial charge in [-0.2, -0.15) is 0 Å². The number of carbonyl (C=O) groups is 2. The number of carbonyl (C=O) groups excluding carboxylic acids is 2. The van der Waals surface area contributed by atoms with Gasteiger partial charge in [0, 0.05) is 11.4 Å². The van der Waals surface area contributed by atoms with E-state index in [1.165, 1.54) is 18.1 Å². The molecule has 1 amide bonds. The predicted octanol–water partition coefficient (Wildman–Crippen LogP) is 2.42. The number of hydrogen-bond donors (Lipinski definition) is 1. The molecule has 0 saturated heterocycles. The SMILES string of the molecule is COC(=O)CN1C(=O)C(C)(C)c2cc(NS(=O)(=O)c3ccc(F)cc3)ccc21. The number of nitrogens with zero attached hydrogens (tertiary/aromatic N) is 1. The van der Waals surface area contributed by atoms with Crippen LogP contribution >= 0.6 is 0 Å². The molecule has 0 radical (unpaired) electrons. The first kappa shape index (κ1) is 19.8. The van der Waals surface area contributed by atoms with E-state index in [0.29, 0.717) is 11.3 Å². The molecule has 0 unspecified atom stereocenters. The van der Waals surface area contributed by atoms with Crippen molar-refractivity contribution < 1.29 is 27.1 Å². The first-order chi connectivity index (χ1) is 13.1. The number of benzene rings is 2. The van der Waals surface area contributed by atoms with Gasteiger partial charge in [-0.3, -0.25) is 14.3 Å². The fourth-order valence-electron chi connectivity index (χ4n) is 3.08. The molecular formula is C19H19FN2O5S. The number of amides is 1. The van der Waals surface area contributed by atoms with Crippen LogP contribution in [0.4, 0.5) is 15.8 Å². The summed E-state index contributed by atoms with van der Waals surface area (Å²) in [7, 11) is -2.69. The Labute approximate surface area is 162 Å². The molecule has 2 aromatic rings. The molecule has 0 fully saturated rings. The van der Waals surface area contributed by atoms with Gasteiger partial charge in [-0.15, -0.1) is 0 Å². The smallest absolute Gasteiger partial charge is 0.325 e. The van der Waals surface area contributed by atoms with Crippen molar-refractivity contribution >= 4 is 33.3 Å². The molecular weight excluding hydrogens is 387 g/mol. The van der Waals surface area contributed by atoms with Crippen molar-refractivity contribution in [3.05, 3.63) is 53.8 Å². The van der Waals surface area contributed by atoms with Crippen LogP contribution in [0.5, 0.6) is 0 Å². The minimum Gasteiger partial charge on any atom is -0.468 e. The second-order valence-corrected chi connectivity index (χ2v) is 8.57. The van der Waals surface area contributed by atoms with Crippen LogP contribution in [0.3, 0.4) is 0 Å². The highest BCUT2D eigenvalue weighted by atomic mass is 32.2. The van der Waals surface area contributed by atoms with Crippen molar-refractivity contribution in [2.24, 2.45) is 0 Å². The van der Waals surface area contributed by atoms with Gasteiger partial charge in [0.15, 0.2) is 0 Å². The van der Waals surface area contributed by atoms with Gasteiger partial charge in [-0.25, -0.2) is 12.8 Å². The highest BCUT2D eigenvalue weighted by Crippen LogP contribution is 2.42. The number of methoxy groups -OCH3 is 1. The number of anilines is 2.